The van der Waals surface area contributed by atoms with E-state index in [2.05, 4.69) is 15.7 Å². The van der Waals surface area contributed by atoms with E-state index in [0.717, 1.165) is 32.7 Å². The molecule has 0 spiro atoms. The Hall–Kier alpha value is -5.73. The van der Waals surface area contributed by atoms with Gasteiger partial charge in [0.05, 0.1) is 11.2 Å². The van der Waals surface area contributed by atoms with E-state index in [1.165, 1.54) is 4.90 Å². The zero-order valence-corrected chi connectivity index (χ0v) is 35.9. The van der Waals surface area contributed by atoms with Crippen molar-refractivity contribution in [3.05, 3.63) is 59.8 Å². The van der Waals surface area contributed by atoms with E-state index in [-0.39, 0.29) is 5.95 Å². The van der Waals surface area contributed by atoms with Crippen LogP contribution in [0.4, 0.5) is 36.6 Å². The van der Waals surface area contributed by atoms with Gasteiger partial charge in [-0.1, -0.05) is 19.1 Å². The Labute approximate surface area is 340 Å². The molecule has 1 fully saturated rings. The number of benzene rings is 2. The molecule has 4 aromatic rings. The average molecular weight is 799 g/mol. The van der Waals surface area contributed by atoms with E-state index in [0.29, 0.717) is 49.1 Å². The highest BCUT2D eigenvalue weighted by Gasteiger charge is 2.41. The standard InChI is InChI=1S/C43H58N8O7/c1-13-27-22-28(33-24-34(48-49(33)12)46-37(52)45-30-16-14-15-26(2)21-30)23-29-25-44-36(47-35(27)29)50(38(53)56-41(3,4)5)31-17-19-32(20-18-31)51(39(54)57-42(6,7)8)40(55)58-43(9,10)11/h14-16,21-25,31-32H,13,17-20H2,1-12H3,(H2,45,46,48,52). The lowest BCUT2D eigenvalue weighted by atomic mass is 9.89. The van der Waals surface area contributed by atoms with Crippen LogP contribution in [0.1, 0.15) is 106 Å². The molecule has 1 aliphatic rings. The molecule has 0 radical (unpaired) electrons. The van der Waals surface area contributed by atoms with Crippen LogP contribution in [-0.2, 0) is 27.7 Å². The van der Waals surface area contributed by atoms with Gasteiger partial charge in [0.15, 0.2) is 5.82 Å². The summed E-state index contributed by atoms with van der Waals surface area (Å²) in [7, 11) is 1.81. The Morgan fingerprint density at radius 1 is 0.793 bits per heavy atom. The quantitative estimate of drug-likeness (QED) is 0.172. The summed E-state index contributed by atoms with van der Waals surface area (Å²) in [5.41, 5.74) is 2.47. The van der Waals surface area contributed by atoms with Crippen LogP contribution in [0.2, 0.25) is 0 Å². The highest BCUT2D eigenvalue weighted by atomic mass is 16.6. The third-order valence-electron chi connectivity index (χ3n) is 9.21. The first-order chi connectivity index (χ1) is 27.0. The molecule has 2 aromatic carbocycles. The van der Waals surface area contributed by atoms with E-state index in [1.54, 1.807) is 79.3 Å². The maximum absolute atomic E-state index is 14.0. The van der Waals surface area contributed by atoms with Gasteiger partial charge in [0.2, 0.25) is 5.95 Å². The molecule has 5 rings (SSSR count). The second-order valence-corrected chi connectivity index (χ2v) is 17.7. The van der Waals surface area contributed by atoms with Crippen molar-refractivity contribution in [3.8, 4) is 11.3 Å². The molecule has 312 valence electrons. The average Bonchev–Trinajstić information content (AvgIpc) is 3.45. The van der Waals surface area contributed by atoms with Gasteiger partial charge in [0, 0.05) is 48.0 Å². The van der Waals surface area contributed by atoms with Crippen LogP contribution in [0, 0.1) is 6.92 Å². The van der Waals surface area contributed by atoms with Crippen LogP contribution in [-0.4, -0.2) is 77.8 Å². The summed E-state index contributed by atoms with van der Waals surface area (Å²) in [4.78, 5) is 65.8. The number of nitrogens with zero attached hydrogens (tertiary/aromatic N) is 6. The first-order valence-electron chi connectivity index (χ1n) is 19.8. The number of hydrogen-bond acceptors (Lipinski definition) is 10. The molecule has 0 aliphatic heterocycles. The van der Waals surface area contributed by atoms with E-state index < -0.39 is 53.2 Å². The zero-order valence-electron chi connectivity index (χ0n) is 35.9. The number of amides is 5. The topological polar surface area (TPSA) is 170 Å². The lowest BCUT2D eigenvalue weighted by Crippen LogP contribution is -2.52. The van der Waals surface area contributed by atoms with E-state index in [4.69, 9.17) is 24.2 Å². The Morgan fingerprint density at radius 3 is 1.95 bits per heavy atom. The van der Waals surface area contributed by atoms with Crippen LogP contribution in [0.3, 0.4) is 0 Å². The van der Waals surface area contributed by atoms with Gasteiger partial charge in [-0.25, -0.2) is 38.9 Å². The molecule has 0 atom stereocenters. The minimum Gasteiger partial charge on any atom is -0.443 e. The number of carbonyl (C=O) groups excluding carboxylic acids is 4. The van der Waals surface area contributed by atoms with Gasteiger partial charge in [-0.3, -0.25) is 10.00 Å². The third kappa shape index (κ3) is 11.2. The maximum atomic E-state index is 14.0. The van der Waals surface area contributed by atoms with Gasteiger partial charge >= 0.3 is 24.3 Å². The van der Waals surface area contributed by atoms with E-state index in [1.807, 2.05) is 57.3 Å². The van der Waals surface area contributed by atoms with Crippen molar-refractivity contribution in [1.82, 2.24) is 24.6 Å². The Kier molecular flexibility index (Phi) is 12.7. The highest BCUT2D eigenvalue weighted by Crippen LogP contribution is 2.34. The lowest BCUT2D eigenvalue weighted by molar-refractivity contribution is -0.0115. The number of rotatable bonds is 7. The number of fused-ring (bicyclic) bond motifs is 1. The summed E-state index contributed by atoms with van der Waals surface area (Å²) < 4.78 is 18.9. The van der Waals surface area contributed by atoms with Crippen LogP contribution >= 0.6 is 0 Å². The molecular weight excluding hydrogens is 741 g/mol. The zero-order chi connectivity index (χ0) is 42.7. The summed E-state index contributed by atoms with van der Waals surface area (Å²) in [6.07, 6.45) is 1.79. The first-order valence-corrected chi connectivity index (χ1v) is 19.8. The van der Waals surface area contributed by atoms with Crippen LogP contribution in [0.5, 0.6) is 0 Å². The van der Waals surface area contributed by atoms with Crippen molar-refractivity contribution >= 4 is 52.7 Å². The number of urea groups is 1. The smallest absolute Gasteiger partial charge is 0.420 e. The van der Waals surface area contributed by atoms with Gasteiger partial charge in [0.25, 0.3) is 0 Å². The first kappa shape index (κ1) is 43.4. The van der Waals surface area contributed by atoms with Crippen molar-refractivity contribution in [2.45, 2.75) is 137 Å². The minimum absolute atomic E-state index is 0.190. The number of hydrogen-bond donors (Lipinski definition) is 2. The summed E-state index contributed by atoms with van der Waals surface area (Å²) in [6.45, 7) is 19.8. The molecule has 15 nitrogen and oxygen atoms in total. The number of anilines is 3. The van der Waals surface area contributed by atoms with Crippen LogP contribution in [0.15, 0.2) is 48.7 Å². The number of aromatic nitrogens is 4. The Balaban J connectivity index is 1.42. The van der Waals surface area contributed by atoms with Crippen molar-refractivity contribution in [1.29, 1.82) is 0 Å². The molecule has 2 aromatic heterocycles. The maximum Gasteiger partial charge on any atom is 0.420 e. The molecule has 0 saturated heterocycles. The SMILES string of the molecule is CCc1cc(-c2cc(NC(=O)Nc3cccc(C)c3)nn2C)cc2cnc(N(C(=O)OC(C)(C)C)C3CCC(N(C(=O)OC(C)(C)C)C(=O)OC(C)(C)C)CC3)nc12. The normalized spacial score (nSPS) is 16.0. The minimum atomic E-state index is -0.828. The molecule has 2 heterocycles. The number of carbonyl (C=O) groups is 4. The van der Waals surface area contributed by atoms with Crippen molar-refractivity contribution < 1.29 is 33.4 Å². The molecule has 15 heteroatoms. The summed E-state index contributed by atoms with van der Waals surface area (Å²) in [6, 6.07) is 12.0. The lowest BCUT2D eigenvalue weighted by Gasteiger charge is -2.39. The van der Waals surface area contributed by atoms with Crippen molar-refractivity contribution in [3.63, 3.8) is 0 Å². The molecule has 0 bridgehead atoms. The second kappa shape index (κ2) is 17.0. The predicted molar refractivity (Wildman–Crippen MR) is 224 cm³/mol. The fourth-order valence-electron chi connectivity index (χ4n) is 6.82. The molecule has 1 saturated carbocycles. The molecular formula is C43H58N8O7. The number of ether oxygens (including phenoxy) is 3. The van der Waals surface area contributed by atoms with Gasteiger partial charge in [-0.05, 0) is 137 Å². The largest absolute Gasteiger partial charge is 0.443 e. The fourth-order valence-corrected chi connectivity index (χ4v) is 6.82. The fraction of sp³-hybridized carbons (Fsp3) is 0.512. The molecule has 5 amide bonds. The Bertz CT molecular complexity index is 2130. The second-order valence-electron chi connectivity index (χ2n) is 17.7. The van der Waals surface area contributed by atoms with Crippen molar-refractivity contribution in [2.75, 3.05) is 15.5 Å². The molecule has 2 N–H and O–H groups in total. The molecule has 0 unspecified atom stereocenters. The highest BCUT2D eigenvalue weighted by molar-refractivity contribution is 5.99. The summed E-state index contributed by atoms with van der Waals surface area (Å²) >= 11 is 0. The predicted octanol–water partition coefficient (Wildman–Crippen LogP) is 9.77. The summed E-state index contributed by atoms with van der Waals surface area (Å²) in [5, 5.41) is 10.9. The third-order valence-corrected chi connectivity index (χ3v) is 9.21. The van der Waals surface area contributed by atoms with Gasteiger partial charge in [-0.2, -0.15) is 5.10 Å². The molecule has 1 aliphatic carbocycles. The van der Waals surface area contributed by atoms with E-state index >= 15 is 0 Å². The van der Waals surface area contributed by atoms with Crippen LogP contribution in [0.25, 0.3) is 22.2 Å². The van der Waals surface area contributed by atoms with Gasteiger partial charge in [-0.15, -0.1) is 0 Å². The number of aryl methyl sites for hydroxylation is 3. The number of nitrogens with one attached hydrogen (secondary N) is 2. The van der Waals surface area contributed by atoms with Crippen LogP contribution < -0.4 is 15.5 Å². The summed E-state index contributed by atoms with van der Waals surface area (Å²) in [5.74, 6) is 0.575. The van der Waals surface area contributed by atoms with Gasteiger partial charge < -0.3 is 19.5 Å². The monoisotopic (exact) mass is 798 g/mol. The van der Waals surface area contributed by atoms with Crippen molar-refractivity contribution in [2.24, 2.45) is 7.05 Å². The van der Waals surface area contributed by atoms with Gasteiger partial charge in [0.1, 0.15) is 16.8 Å². The number of imide groups is 1. The van der Waals surface area contributed by atoms with E-state index in [9.17, 15) is 19.2 Å². The molecule has 58 heavy (non-hydrogen) atoms. The Morgan fingerprint density at radius 2 is 1.38 bits per heavy atom.